The Bertz CT molecular complexity index is 993. The number of benzene rings is 1. The van der Waals surface area contributed by atoms with Crippen LogP contribution in [-0.4, -0.2) is 32.3 Å². The van der Waals surface area contributed by atoms with Gasteiger partial charge in [0.15, 0.2) is 0 Å². The molecule has 168 valence electrons. The molecule has 0 bridgehead atoms. The maximum atomic E-state index is 12.4. The van der Waals surface area contributed by atoms with E-state index in [9.17, 15) is 30.1 Å². The Balaban J connectivity index is 1.90. The van der Waals surface area contributed by atoms with Crippen LogP contribution in [0.5, 0.6) is 0 Å². The van der Waals surface area contributed by atoms with E-state index in [0.717, 1.165) is 32.1 Å². The number of carbonyl (C=O) groups excluding carboxylic acids is 1. The molecule has 2 saturated carbocycles. The van der Waals surface area contributed by atoms with Gasteiger partial charge < -0.3 is 9.90 Å². The zero-order valence-electron chi connectivity index (χ0n) is 17.4. The van der Waals surface area contributed by atoms with Crippen LogP contribution in [0.2, 0.25) is 0 Å². The van der Waals surface area contributed by atoms with Gasteiger partial charge in [0.25, 0.3) is 5.69 Å². The van der Waals surface area contributed by atoms with Crippen LogP contribution in [0.1, 0.15) is 49.3 Å². The summed E-state index contributed by atoms with van der Waals surface area (Å²) < 4.78 is 0. The highest BCUT2D eigenvalue weighted by molar-refractivity contribution is 5.62. The lowest BCUT2D eigenvalue weighted by molar-refractivity contribution is -0.536. The molecule has 0 amide bonds. The molecule has 32 heavy (non-hydrogen) atoms. The van der Waals surface area contributed by atoms with Crippen LogP contribution in [0.15, 0.2) is 48.7 Å². The predicted molar refractivity (Wildman–Crippen MR) is 114 cm³/mol. The fourth-order valence-electron chi connectivity index (χ4n) is 5.94. The molecular formula is C23H25N3O6. The predicted octanol–water partition coefficient (Wildman–Crippen LogP) is 3.63. The molecule has 2 aliphatic rings. The monoisotopic (exact) mass is 439 g/mol. The quantitative estimate of drug-likeness (QED) is 0.412. The molecule has 5 atom stereocenters. The van der Waals surface area contributed by atoms with E-state index in [1.54, 1.807) is 18.2 Å². The first-order valence-corrected chi connectivity index (χ1v) is 10.9. The van der Waals surface area contributed by atoms with Crippen molar-refractivity contribution in [3.63, 3.8) is 0 Å². The first kappa shape index (κ1) is 22.0. The fraction of sp³-hybridized carbons (Fsp3) is 0.478. The number of aromatic nitrogens is 1. The maximum Gasteiger partial charge on any atom is 0.269 e. The lowest BCUT2D eigenvalue weighted by Gasteiger charge is -2.38. The number of nitrogens with zero attached hydrogens (tertiary/aromatic N) is 3. The topological polar surface area (TPSA) is 136 Å². The summed E-state index contributed by atoms with van der Waals surface area (Å²) in [6.07, 6.45) is 6.45. The first-order valence-electron chi connectivity index (χ1n) is 10.9. The number of rotatable bonds is 6. The van der Waals surface area contributed by atoms with Crippen molar-refractivity contribution in [3.8, 4) is 0 Å². The third-order valence-corrected chi connectivity index (χ3v) is 7.25. The highest BCUT2D eigenvalue weighted by Gasteiger charge is 2.68. The smallest absolute Gasteiger partial charge is 0.269 e. The van der Waals surface area contributed by atoms with Crippen molar-refractivity contribution in [2.45, 2.75) is 49.7 Å². The van der Waals surface area contributed by atoms with Crippen LogP contribution >= 0.6 is 0 Å². The zero-order valence-corrected chi connectivity index (χ0v) is 17.4. The van der Waals surface area contributed by atoms with Gasteiger partial charge in [-0.15, -0.1) is 0 Å². The van der Waals surface area contributed by atoms with Gasteiger partial charge in [-0.2, -0.15) is 0 Å². The summed E-state index contributed by atoms with van der Waals surface area (Å²) in [6.45, 7) is 0. The highest BCUT2D eigenvalue weighted by Crippen LogP contribution is 2.58. The third-order valence-electron chi connectivity index (χ3n) is 7.25. The van der Waals surface area contributed by atoms with Gasteiger partial charge in [-0.05, 0) is 36.5 Å². The van der Waals surface area contributed by atoms with Crippen LogP contribution in [0.3, 0.4) is 0 Å². The average Bonchev–Trinajstić information content (AvgIpc) is 3.10. The van der Waals surface area contributed by atoms with E-state index in [4.69, 9.17) is 0 Å². The Labute approximate surface area is 184 Å². The summed E-state index contributed by atoms with van der Waals surface area (Å²) in [5.41, 5.74) is -1.27. The Morgan fingerprint density at radius 1 is 1.03 bits per heavy atom. The largest absolute Gasteiger partial charge is 0.382 e. The molecule has 0 saturated heterocycles. The highest BCUT2D eigenvalue weighted by atomic mass is 16.6. The Morgan fingerprint density at radius 2 is 1.72 bits per heavy atom. The maximum absolute atomic E-state index is 12.4. The van der Waals surface area contributed by atoms with Crippen molar-refractivity contribution in [1.82, 2.24) is 4.98 Å². The standard InChI is InChI=1S/C23H25N3O6/c27-14-18-20(15-9-11-17(12-10-15)25(29)30)22(26(31)32)21(16-6-2-1-3-7-16)23(18,28)19-8-4-5-13-24-19/h4-5,8-14,16,18,20-22,28H,1-3,6-7H2/t18-,20-,21+,22-,23+/m1/s1. The fourth-order valence-corrected chi connectivity index (χ4v) is 5.94. The molecule has 4 rings (SSSR count). The molecule has 1 N–H and O–H groups in total. The second-order valence-electron chi connectivity index (χ2n) is 8.78. The number of aldehydes is 1. The van der Waals surface area contributed by atoms with Gasteiger partial charge in [0.1, 0.15) is 11.9 Å². The van der Waals surface area contributed by atoms with Crippen LogP contribution in [0.4, 0.5) is 5.69 Å². The minimum absolute atomic E-state index is 0.128. The van der Waals surface area contributed by atoms with Crippen LogP contribution in [0, 0.1) is 38.0 Å². The van der Waals surface area contributed by atoms with Gasteiger partial charge in [-0.25, -0.2) is 0 Å². The number of hydrogen-bond donors (Lipinski definition) is 1. The molecule has 2 aliphatic carbocycles. The van der Waals surface area contributed by atoms with Gasteiger partial charge in [-0.1, -0.05) is 37.5 Å². The van der Waals surface area contributed by atoms with E-state index < -0.39 is 34.3 Å². The minimum Gasteiger partial charge on any atom is -0.382 e. The molecule has 9 nitrogen and oxygen atoms in total. The Kier molecular flexibility index (Phi) is 6.01. The van der Waals surface area contributed by atoms with Crippen LogP contribution in [0.25, 0.3) is 0 Å². The van der Waals surface area contributed by atoms with Crippen molar-refractivity contribution < 1.29 is 19.7 Å². The van der Waals surface area contributed by atoms with Crippen molar-refractivity contribution in [2.75, 3.05) is 0 Å². The van der Waals surface area contributed by atoms with Crippen LogP contribution in [-0.2, 0) is 10.4 Å². The summed E-state index contributed by atoms with van der Waals surface area (Å²) in [7, 11) is 0. The number of non-ortho nitro benzene ring substituents is 1. The number of aliphatic hydroxyl groups is 1. The van der Waals surface area contributed by atoms with E-state index in [1.165, 1.54) is 30.5 Å². The molecule has 1 heterocycles. The SMILES string of the molecule is O=C[C@@H]1[C@@H](c2ccc([N+](=O)[O-])cc2)[C@@H]([N+](=O)[O-])[C@H](C2CCCCC2)[C@@]1(O)c1ccccn1. The number of pyridine rings is 1. The van der Waals surface area contributed by atoms with Gasteiger partial charge in [0.05, 0.1) is 28.4 Å². The Morgan fingerprint density at radius 3 is 2.25 bits per heavy atom. The van der Waals surface area contributed by atoms with E-state index in [2.05, 4.69) is 4.98 Å². The number of hydrogen-bond acceptors (Lipinski definition) is 7. The lowest BCUT2D eigenvalue weighted by Crippen LogP contribution is -2.46. The van der Waals surface area contributed by atoms with E-state index in [0.29, 0.717) is 11.8 Å². The second-order valence-corrected chi connectivity index (χ2v) is 8.78. The van der Waals surface area contributed by atoms with Gasteiger partial charge in [-0.3, -0.25) is 25.2 Å². The summed E-state index contributed by atoms with van der Waals surface area (Å²) in [5.74, 6) is -2.97. The van der Waals surface area contributed by atoms with E-state index in [-0.39, 0.29) is 22.2 Å². The zero-order chi connectivity index (χ0) is 22.9. The van der Waals surface area contributed by atoms with Crippen molar-refractivity contribution >= 4 is 12.0 Å². The Hall–Kier alpha value is -3.20. The molecule has 0 aliphatic heterocycles. The lowest BCUT2D eigenvalue weighted by atomic mass is 9.69. The molecule has 2 fully saturated rings. The van der Waals surface area contributed by atoms with Crippen LogP contribution < -0.4 is 0 Å². The molecule has 0 spiro atoms. The third kappa shape index (κ3) is 3.56. The molecule has 1 aromatic carbocycles. The normalized spacial score (nSPS) is 30.7. The van der Waals surface area contributed by atoms with Gasteiger partial charge >= 0.3 is 0 Å². The molecule has 2 aromatic rings. The summed E-state index contributed by atoms with van der Waals surface area (Å²) in [6, 6.07) is 9.25. The van der Waals surface area contributed by atoms with Crippen molar-refractivity contribution in [1.29, 1.82) is 0 Å². The van der Waals surface area contributed by atoms with E-state index >= 15 is 0 Å². The minimum atomic E-state index is -1.81. The van der Waals surface area contributed by atoms with Crippen molar-refractivity contribution in [2.24, 2.45) is 17.8 Å². The first-order chi connectivity index (χ1) is 15.4. The summed E-state index contributed by atoms with van der Waals surface area (Å²) in [5, 5.41) is 35.6. The molecular weight excluding hydrogens is 414 g/mol. The van der Waals surface area contributed by atoms with E-state index in [1.807, 2.05) is 0 Å². The average molecular weight is 439 g/mol. The molecule has 0 unspecified atom stereocenters. The number of nitro benzene ring substituents is 1. The summed E-state index contributed by atoms with van der Waals surface area (Å²) >= 11 is 0. The summed E-state index contributed by atoms with van der Waals surface area (Å²) in [4.78, 5) is 39.3. The number of carbonyl (C=O) groups is 1. The van der Waals surface area contributed by atoms with Gasteiger partial charge in [0.2, 0.25) is 6.04 Å². The molecule has 9 heteroatoms. The second kappa shape index (κ2) is 8.74. The molecule has 0 radical (unpaired) electrons. The van der Waals surface area contributed by atoms with Gasteiger partial charge in [0, 0.05) is 23.3 Å². The number of nitro groups is 2. The van der Waals surface area contributed by atoms with Crippen molar-refractivity contribution in [3.05, 3.63) is 80.1 Å². The molecule has 1 aromatic heterocycles.